The van der Waals surface area contributed by atoms with Crippen molar-refractivity contribution in [3.63, 3.8) is 0 Å². The summed E-state index contributed by atoms with van der Waals surface area (Å²) in [6.45, 7) is 1.37. The van der Waals surface area contributed by atoms with Gasteiger partial charge in [-0.15, -0.1) is 0 Å². The summed E-state index contributed by atoms with van der Waals surface area (Å²) in [7, 11) is 0. The Balaban J connectivity index is 1.66. The van der Waals surface area contributed by atoms with E-state index in [1.54, 1.807) is 30.6 Å². The number of fused-ring (bicyclic) bond motifs is 3. The van der Waals surface area contributed by atoms with Gasteiger partial charge in [-0.2, -0.15) is 0 Å². The van der Waals surface area contributed by atoms with Crippen LogP contribution in [0.1, 0.15) is 27.9 Å². The number of carboxylic acids is 1. The lowest BCUT2D eigenvalue weighted by molar-refractivity contribution is -0.136. The van der Waals surface area contributed by atoms with Crippen molar-refractivity contribution in [2.75, 3.05) is 18.4 Å². The highest BCUT2D eigenvalue weighted by molar-refractivity contribution is 6.10. The molecular weight excluding hydrogens is 344 g/mol. The fraction of sp³-hybridized carbons (Fsp3) is 0.200. The van der Waals surface area contributed by atoms with E-state index in [4.69, 9.17) is 5.11 Å². The maximum Gasteiger partial charge on any atom is 0.303 e. The molecule has 136 valence electrons. The Morgan fingerprint density at radius 1 is 1.30 bits per heavy atom. The number of aliphatic carboxylic acids is 1. The van der Waals surface area contributed by atoms with Gasteiger partial charge >= 0.3 is 5.97 Å². The Morgan fingerprint density at radius 2 is 2.19 bits per heavy atom. The number of carbonyl (C=O) groups excluding carboxylic acids is 1. The van der Waals surface area contributed by atoms with Crippen LogP contribution in [-0.2, 0) is 11.2 Å². The number of allylic oxidation sites excluding steroid dienone is 1. The summed E-state index contributed by atoms with van der Waals surface area (Å²) in [5.41, 5.74) is 3.23. The van der Waals surface area contributed by atoms with Crippen LogP contribution in [0.2, 0.25) is 0 Å². The van der Waals surface area contributed by atoms with E-state index in [9.17, 15) is 9.59 Å². The minimum absolute atomic E-state index is 0.0774. The van der Waals surface area contributed by atoms with Gasteiger partial charge in [0, 0.05) is 42.6 Å². The first-order chi connectivity index (χ1) is 13.1. The molecule has 0 unspecified atom stereocenters. The summed E-state index contributed by atoms with van der Waals surface area (Å²) >= 11 is 0. The first-order valence-corrected chi connectivity index (χ1v) is 8.72. The SMILES string of the molecule is O=C(O)CCc1ccc2c(c1)N/C(=C\C(=O)c1cccnc1)N1CCN=C21. The Kier molecular flexibility index (Phi) is 4.42. The standard InChI is InChI=1S/C20H18N4O3/c25-17(14-2-1-7-21-12-14)11-18-23-16-10-13(4-6-19(26)27)3-5-15(16)20-22-8-9-24(18)20/h1-3,5,7,10-12,23H,4,6,8-9H2,(H,26,27)/b18-11+. The van der Waals surface area contributed by atoms with Crippen LogP contribution in [0.25, 0.3) is 0 Å². The van der Waals surface area contributed by atoms with Crippen LogP contribution in [0, 0.1) is 0 Å². The molecular formula is C20H18N4O3. The van der Waals surface area contributed by atoms with Crippen LogP contribution in [-0.4, -0.2) is 45.7 Å². The quantitative estimate of drug-likeness (QED) is 0.626. The molecule has 7 nitrogen and oxygen atoms in total. The van der Waals surface area contributed by atoms with E-state index in [0.29, 0.717) is 30.9 Å². The average Bonchev–Trinajstić information content (AvgIpc) is 3.17. The number of pyridine rings is 1. The highest BCUT2D eigenvalue weighted by atomic mass is 16.4. The number of aryl methyl sites for hydroxylation is 1. The zero-order valence-electron chi connectivity index (χ0n) is 14.6. The lowest BCUT2D eigenvalue weighted by Gasteiger charge is -2.31. The van der Waals surface area contributed by atoms with E-state index in [1.165, 1.54) is 0 Å². The first-order valence-electron chi connectivity index (χ1n) is 8.72. The lowest BCUT2D eigenvalue weighted by atomic mass is 10.0. The minimum atomic E-state index is -0.824. The molecule has 2 N–H and O–H groups in total. The van der Waals surface area contributed by atoms with Crippen LogP contribution in [0.4, 0.5) is 5.69 Å². The lowest BCUT2D eigenvalue weighted by Crippen LogP contribution is -2.36. The molecule has 4 rings (SSSR count). The molecule has 0 bridgehead atoms. The normalized spacial score (nSPS) is 16.4. The van der Waals surface area contributed by atoms with E-state index in [-0.39, 0.29) is 12.2 Å². The van der Waals surface area contributed by atoms with Crippen LogP contribution in [0.3, 0.4) is 0 Å². The summed E-state index contributed by atoms with van der Waals surface area (Å²) in [5, 5.41) is 12.2. The third-order valence-electron chi connectivity index (χ3n) is 4.56. The number of nitrogens with one attached hydrogen (secondary N) is 1. The van der Waals surface area contributed by atoms with Crippen molar-refractivity contribution in [1.29, 1.82) is 0 Å². The molecule has 1 aromatic heterocycles. The number of anilines is 1. The van der Waals surface area contributed by atoms with Gasteiger partial charge in [0.05, 0.1) is 12.2 Å². The molecule has 0 aliphatic carbocycles. The Labute approximate surface area is 156 Å². The summed E-state index contributed by atoms with van der Waals surface area (Å²) in [6, 6.07) is 9.27. The number of aromatic nitrogens is 1. The smallest absolute Gasteiger partial charge is 0.303 e. The fourth-order valence-electron chi connectivity index (χ4n) is 3.24. The zero-order chi connectivity index (χ0) is 18.8. The van der Waals surface area contributed by atoms with Crippen LogP contribution < -0.4 is 5.32 Å². The van der Waals surface area contributed by atoms with Crippen LogP contribution in [0.5, 0.6) is 0 Å². The third kappa shape index (κ3) is 3.44. The maximum atomic E-state index is 12.6. The second-order valence-corrected chi connectivity index (χ2v) is 6.39. The number of aliphatic imine (C=N–C) groups is 1. The Hall–Kier alpha value is -3.48. The predicted octanol–water partition coefficient (Wildman–Crippen LogP) is 2.31. The molecule has 0 saturated carbocycles. The molecule has 27 heavy (non-hydrogen) atoms. The molecule has 0 saturated heterocycles. The van der Waals surface area contributed by atoms with Crippen molar-refractivity contribution in [1.82, 2.24) is 9.88 Å². The summed E-state index contributed by atoms with van der Waals surface area (Å²) < 4.78 is 0. The molecule has 2 aliphatic rings. The molecule has 2 aromatic rings. The summed E-state index contributed by atoms with van der Waals surface area (Å²) in [6.07, 6.45) is 5.26. The van der Waals surface area contributed by atoms with Crippen LogP contribution >= 0.6 is 0 Å². The number of hydrogen-bond acceptors (Lipinski definition) is 6. The molecule has 0 spiro atoms. The van der Waals surface area contributed by atoms with Gasteiger partial charge in [0.15, 0.2) is 5.78 Å². The Bertz CT molecular complexity index is 966. The molecule has 1 aromatic carbocycles. The van der Waals surface area contributed by atoms with Gasteiger partial charge in [-0.25, -0.2) is 0 Å². The Morgan fingerprint density at radius 3 is 2.96 bits per heavy atom. The van der Waals surface area contributed by atoms with Gasteiger partial charge < -0.3 is 15.3 Å². The molecule has 0 fully saturated rings. The van der Waals surface area contributed by atoms with E-state index in [2.05, 4.69) is 15.3 Å². The second kappa shape index (κ2) is 7.03. The maximum absolute atomic E-state index is 12.6. The molecule has 0 atom stereocenters. The monoisotopic (exact) mass is 362 g/mol. The second-order valence-electron chi connectivity index (χ2n) is 6.39. The van der Waals surface area contributed by atoms with E-state index < -0.39 is 5.97 Å². The number of ketones is 1. The van der Waals surface area contributed by atoms with Crippen molar-refractivity contribution in [2.24, 2.45) is 4.99 Å². The van der Waals surface area contributed by atoms with Crippen molar-refractivity contribution in [2.45, 2.75) is 12.8 Å². The first kappa shape index (κ1) is 17.0. The highest BCUT2D eigenvalue weighted by Crippen LogP contribution is 2.31. The van der Waals surface area contributed by atoms with Crippen LogP contribution in [0.15, 0.2) is 59.6 Å². The van der Waals surface area contributed by atoms with E-state index >= 15 is 0 Å². The van der Waals surface area contributed by atoms with Gasteiger partial charge in [-0.05, 0) is 36.2 Å². The molecule has 0 radical (unpaired) electrons. The summed E-state index contributed by atoms with van der Waals surface area (Å²) in [4.78, 5) is 34.0. The van der Waals surface area contributed by atoms with Gasteiger partial charge in [0.1, 0.15) is 11.7 Å². The van der Waals surface area contributed by atoms with Gasteiger partial charge in [-0.3, -0.25) is 19.6 Å². The number of benzene rings is 1. The zero-order valence-corrected chi connectivity index (χ0v) is 14.6. The topological polar surface area (TPSA) is 94.9 Å². The largest absolute Gasteiger partial charge is 0.481 e. The predicted molar refractivity (Wildman–Crippen MR) is 101 cm³/mol. The molecule has 7 heteroatoms. The van der Waals surface area contributed by atoms with E-state index in [0.717, 1.165) is 22.6 Å². The number of rotatable bonds is 5. The van der Waals surface area contributed by atoms with Crippen molar-refractivity contribution >= 4 is 23.3 Å². The summed E-state index contributed by atoms with van der Waals surface area (Å²) in [5.74, 6) is 0.541. The average molecular weight is 362 g/mol. The van der Waals surface area contributed by atoms with Crippen molar-refractivity contribution in [3.8, 4) is 0 Å². The number of carbonyl (C=O) groups is 2. The molecule has 2 aliphatic heterocycles. The van der Waals surface area contributed by atoms with Gasteiger partial charge in [-0.1, -0.05) is 6.07 Å². The highest BCUT2D eigenvalue weighted by Gasteiger charge is 2.29. The van der Waals surface area contributed by atoms with Crippen molar-refractivity contribution < 1.29 is 14.7 Å². The van der Waals surface area contributed by atoms with E-state index in [1.807, 2.05) is 23.1 Å². The third-order valence-corrected chi connectivity index (χ3v) is 4.56. The molecule has 0 amide bonds. The minimum Gasteiger partial charge on any atom is -0.481 e. The van der Waals surface area contributed by atoms with Crippen molar-refractivity contribution in [3.05, 3.63) is 71.3 Å². The van der Waals surface area contributed by atoms with Gasteiger partial charge in [0.2, 0.25) is 0 Å². The fourth-order valence-corrected chi connectivity index (χ4v) is 3.24. The van der Waals surface area contributed by atoms with Gasteiger partial charge in [0.25, 0.3) is 0 Å². The number of hydrogen-bond donors (Lipinski definition) is 2. The number of carboxylic acid groups (broad SMARTS) is 1. The number of amidine groups is 1. The number of nitrogens with zero attached hydrogens (tertiary/aromatic N) is 3. The molecule has 3 heterocycles.